The van der Waals surface area contributed by atoms with Crippen LogP contribution >= 0.6 is 0 Å². The number of amides is 1. The fourth-order valence-electron chi connectivity index (χ4n) is 3.37. The van der Waals surface area contributed by atoms with Crippen LogP contribution < -0.4 is 5.73 Å². The molecule has 27 heavy (non-hydrogen) atoms. The average molecular weight is 365 g/mol. The minimum atomic E-state index is -0.752. The molecule has 1 aromatic heterocycles. The van der Waals surface area contributed by atoms with Gasteiger partial charge in [0.25, 0.3) is 5.91 Å². The van der Waals surface area contributed by atoms with Crippen molar-refractivity contribution >= 4 is 16.8 Å². The number of carbonyl (C=O) groups is 1. The normalized spacial score (nSPS) is 12.3. The zero-order valence-electron chi connectivity index (χ0n) is 15.9. The van der Waals surface area contributed by atoms with Crippen molar-refractivity contribution in [2.75, 3.05) is 13.1 Å². The average Bonchev–Trinajstić information content (AvgIpc) is 3.03. The third-order valence-electron chi connectivity index (χ3n) is 4.93. The molecule has 1 heterocycles. The van der Waals surface area contributed by atoms with E-state index in [0.29, 0.717) is 12.2 Å². The number of nitrogens with two attached hydrogens (primary N) is 1. The number of aliphatic hydroxyl groups is 1. The molecule has 5 nitrogen and oxygen atoms in total. The summed E-state index contributed by atoms with van der Waals surface area (Å²) in [5.41, 5.74) is 9.48. The highest BCUT2D eigenvalue weighted by Gasteiger charge is 2.22. The molecule has 3 aromatic rings. The largest absolute Gasteiger partial charge is 0.390 e. The third-order valence-corrected chi connectivity index (χ3v) is 4.93. The number of hydrogen-bond donors (Lipinski definition) is 2. The maximum Gasteiger partial charge on any atom is 0.270 e. The van der Waals surface area contributed by atoms with E-state index in [9.17, 15) is 9.90 Å². The number of aryl methyl sites for hydroxylation is 2. The first kappa shape index (κ1) is 19.1. The van der Waals surface area contributed by atoms with Gasteiger partial charge in [-0.2, -0.15) is 0 Å². The first-order valence-electron chi connectivity index (χ1n) is 9.33. The van der Waals surface area contributed by atoms with E-state index in [1.54, 1.807) is 4.90 Å². The van der Waals surface area contributed by atoms with E-state index in [-0.39, 0.29) is 19.0 Å². The van der Waals surface area contributed by atoms with Crippen molar-refractivity contribution in [1.29, 1.82) is 0 Å². The Bertz CT molecular complexity index is 932. The predicted octanol–water partition coefficient (Wildman–Crippen LogP) is 2.70. The zero-order valence-corrected chi connectivity index (χ0v) is 15.9. The summed E-state index contributed by atoms with van der Waals surface area (Å²) in [6.07, 6.45) is 0.189. The van der Waals surface area contributed by atoms with Crippen LogP contribution in [-0.4, -0.2) is 39.7 Å². The van der Waals surface area contributed by atoms with E-state index < -0.39 is 6.10 Å². The summed E-state index contributed by atoms with van der Waals surface area (Å²) in [6.45, 7) is 2.86. The van der Waals surface area contributed by atoms with Crippen LogP contribution in [-0.2, 0) is 20.0 Å². The summed E-state index contributed by atoms with van der Waals surface area (Å²) in [6, 6.07) is 18.0. The molecular weight excluding hydrogens is 338 g/mol. The summed E-state index contributed by atoms with van der Waals surface area (Å²) >= 11 is 0. The number of hydrogen-bond acceptors (Lipinski definition) is 3. The summed E-state index contributed by atoms with van der Waals surface area (Å²) in [4.78, 5) is 15.0. The Morgan fingerprint density at radius 2 is 1.89 bits per heavy atom. The second-order valence-corrected chi connectivity index (χ2v) is 6.90. The van der Waals surface area contributed by atoms with Gasteiger partial charge >= 0.3 is 0 Å². The van der Waals surface area contributed by atoms with E-state index in [1.165, 1.54) is 5.56 Å². The molecule has 0 fully saturated rings. The van der Waals surface area contributed by atoms with Crippen LogP contribution in [0.1, 0.15) is 28.5 Å². The Morgan fingerprint density at radius 3 is 2.59 bits per heavy atom. The molecule has 0 saturated carbocycles. The highest BCUT2D eigenvalue weighted by molar-refractivity contribution is 5.98. The third kappa shape index (κ3) is 4.21. The molecule has 2 aromatic carbocycles. The van der Waals surface area contributed by atoms with E-state index in [0.717, 1.165) is 22.9 Å². The highest BCUT2D eigenvalue weighted by Crippen LogP contribution is 2.21. The quantitative estimate of drug-likeness (QED) is 0.676. The molecule has 142 valence electrons. The van der Waals surface area contributed by atoms with Gasteiger partial charge in [-0.1, -0.05) is 49.4 Å². The highest BCUT2D eigenvalue weighted by atomic mass is 16.3. The molecular formula is C22H27N3O2. The molecule has 0 bridgehead atoms. The molecule has 0 aliphatic rings. The Labute approximate surface area is 160 Å². The van der Waals surface area contributed by atoms with Crippen LogP contribution in [0, 0.1) is 0 Å². The van der Waals surface area contributed by atoms with Gasteiger partial charge in [-0.05, 0) is 29.7 Å². The van der Waals surface area contributed by atoms with Gasteiger partial charge in [0.1, 0.15) is 5.69 Å². The van der Waals surface area contributed by atoms with Gasteiger partial charge in [0.2, 0.25) is 0 Å². The van der Waals surface area contributed by atoms with Crippen LogP contribution in [0.3, 0.4) is 0 Å². The van der Waals surface area contributed by atoms with Crippen molar-refractivity contribution in [3.63, 3.8) is 0 Å². The molecule has 1 amide bonds. The maximum absolute atomic E-state index is 13.3. The predicted molar refractivity (Wildman–Crippen MR) is 109 cm³/mol. The van der Waals surface area contributed by atoms with E-state index in [2.05, 4.69) is 19.1 Å². The van der Waals surface area contributed by atoms with Gasteiger partial charge in [-0.3, -0.25) is 4.79 Å². The lowest BCUT2D eigenvalue weighted by Gasteiger charge is -2.25. The molecule has 3 N–H and O–H groups in total. The van der Waals surface area contributed by atoms with Crippen molar-refractivity contribution < 1.29 is 9.90 Å². The monoisotopic (exact) mass is 365 g/mol. The molecule has 0 unspecified atom stereocenters. The Kier molecular flexibility index (Phi) is 5.94. The first-order chi connectivity index (χ1) is 13.0. The number of nitrogens with zero attached hydrogens (tertiary/aromatic N) is 2. The minimum Gasteiger partial charge on any atom is -0.390 e. The van der Waals surface area contributed by atoms with Gasteiger partial charge in [-0.15, -0.1) is 0 Å². The SMILES string of the molecule is CCc1cccc(CN(C[C@@H](O)CN)C(=O)c2cc3ccccc3n2C)c1. The molecule has 0 spiro atoms. The van der Waals surface area contributed by atoms with E-state index in [4.69, 9.17) is 5.73 Å². The fraction of sp³-hybridized carbons (Fsp3) is 0.318. The molecule has 0 saturated heterocycles. The Hall–Kier alpha value is -2.63. The van der Waals surface area contributed by atoms with E-state index in [1.807, 2.05) is 54.1 Å². The molecule has 1 atom stereocenters. The molecule has 3 rings (SSSR count). The standard InChI is InChI=1S/C22H27N3O2/c1-3-16-7-6-8-17(11-16)14-25(15-19(26)13-23)22(27)21-12-18-9-4-5-10-20(18)24(21)2/h4-12,19,26H,3,13-15,23H2,1-2H3/t19-/m0/s1. The number of rotatable bonds is 7. The molecule has 0 radical (unpaired) electrons. The number of benzene rings is 2. The number of aromatic nitrogens is 1. The number of carbonyl (C=O) groups excluding carboxylic acids is 1. The number of aliphatic hydroxyl groups excluding tert-OH is 1. The fourth-order valence-corrected chi connectivity index (χ4v) is 3.37. The van der Waals surface area contributed by atoms with Crippen LogP contribution in [0.5, 0.6) is 0 Å². The van der Waals surface area contributed by atoms with Crippen molar-refractivity contribution in [1.82, 2.24) is 9.47 Å². The van der Waals surface area contributed by atoms with Crippen LogP contribution in [0.25, 0.3) is 10.9 Å². The van der Waals surface area contributed by atoms with Crippen LogP contribution in [0.4, 0.5) is 0 Å². The lowest BCUT2D eigenvalue weighted by atomic mass is 10.1. The van der Waals surface area contributed by atoms with Gasteiger partial charge in [0, 0.05) is 37.6 Å². The summed E-state index contributed by atoms with van der Waals surface area (Å²) in [5.74, 6) is -0.108. The lowest BCUT2D eigenvalue weighted by Crippen LogP contribution is -2.40. The zero-order chi connectivity index (χ0) is 19.4. The van der Waals surface area contributed by atoms with Crippen LogP contribution in [0.15, 0.2) is 54.6 Å². The van der Waals surface area contributed by atoms with Crippen molar-refractivity contribution in [2.45, 2.75) is 26.0 Å². The topological polar surface area (TPSA) is 71.5 Å². The van der Waals surface area contributed by atoms with Crippen molar-refractivity contribution in [2.24, 2.45) is 12.8 Å². The maximum atomic E-state index is 13.3. The summed E-state index contributed by atoms with van der Waals surface area (Å²) in [5, 5.41) is 11.1. The van der Waals surface area contributed by atoms with Crippen molar-refractivity contribution in [3.8, 4) is 0 Å². The molecule has 0 aliphatic carbocycles. The number of para-hydroxylation sites is 1. The van der Waals surface area contributed by atoms with Crippen LogP contribution in [0.2, 0.25) is 0 Å². The van der Waals surface area contributed by atoms with Gasteiger partial charge in [-0.25, -0.2) is 0 Å². The summed E-state index contributed by atoms with van der Waals surface area (Å²) in [7, 11) is 1.89. The smallest absolute Gasteiger partial charge is 0.270 e. The summed E-state index contributed by atoms with van der Waals surface area (Å²) < 4.78 is 1.90. The minimum absolute atomic E-state index is 0.108. The van der Waals surface area contributed by atoms with Crippen molar-refractivity contribution in [3.05, 3.63) is 71.4 Å². The Balaban J connectivity index is 1.93. The van der Waals surface area contributed by atoms with E-state index >= 15 is 0 Å². The molecule has 5 heteroatoms. The van der Waals surface area contributed by atoms with Gasteiger partial charge in [0.15, 0.2) is 0 Å². The Morgan fingerprint density at radius 1 is 1.15 bits per heavy atom. The van der Waals surface area contributed by atoms with Gasteiger partial charge in [0.05, 0.1) is 6.10 Å². The van der Waals surface area contributed by atoms with Gasteiger partial charge < -0.3 is 20.3 Å². The molecule has 0 aliphatic heterocycles. The number of fused-ring (bicyclic) bond motifs is 1. The first-order valence-corrected chi connectivity index (χ1v) is 9.33. The lowest BCUT2D eigenvalue weighted by molar-refractivity contribution is 0.0609. The second kappa shape index (κ2) is 8.37. The second-order valence-electron chi connectivity index (χ2n) is 6.90.